The molecule has 3 nitrogen and oxygen atoms in total. The summed E-state index contributed by atoms with van der Waals surface area (Å²) in [6.45, 7) is 1.76. The Morgan fingerprint density at radius 2 is 2.33 bits per heavy atom. The summed E-state index contributed by atoms with van der Waals surface area (Å²) in [5, 5.41) is 0. The molecule has 3 heteroatoms. The number of rotatable bonds is 1. The van der Waals surface area contributed by atoms with Gasteiger partial charge in [-0.05, 0) is 19.1 Å². The van der Waals surface area contributed by atoms with Crippen LogP contribution in [-0.2, 0) is 0 Å². The predicted octanol–water partition coefficient (Wildman–Crippen LogP) is 0.687. The Balaban J connectivity index is 2.98. The van der Waals surface area contributed by atoms with Crippen LogP contribution < -0.4 is 5.73 Å². The molecular formula is C6H7NO2. The van der Waals surface area contributed by atoms with Crippen LogP contribution in [0.3, 0.4) is 0 Å². The van der Waals surface area contributed by atoms with E-state index in [1.165, 1.54) is 0 Å². The van der Waals surface area contributed by atoms with Gasteiger partial charge in [0.25, 0.3) is 5.91 Å². The van der Waals surface area contributed by atoms with Crippen LogP contribution in [0.15, 0.2) is 16.5 Å². The van der Waals surface area contributed by atoms with Crippen LogP contribution in [0.1, 0.15) is 16.3 Å². The molecule has 0 radical (unpaired) electrons. The van der Waals surface area contributed by atoms with E-state index in [9.17, 15) is 4.79 Å². The highest BCUT2D eigenvalue weighted by Crippen LogP contribution is 2.03. The highest BCUT2D eigenvalue weighted by Gasteiger charge is 2.02. The van der Waals surface area contributed by atoms with Crippen molar-refractivity contribution in [1.29, 1.82) is 0 Å². The molecule has 0 fully saturated rings. The van der Waals surface area contributed by atoms with Crippen LogP contribution in [0.5, 0.6) is 0 Å². The summed E-state index contributed by atoms with van der Waals surface area (Å²) in [5.74, 6) is 0.388. The fraction of sp³-hybridized carbons (Fsp3) is 0.167. The largest absolute Gasteiger partial charge is 0.456 e. The molecule has 0 aromatic carbocycles. The topological polar surface area (TPSA) is 56.2 Å². The van der Waals surface area contributed by atoms with Crippen LogP contribution in [0, 0.1) is 6.92 Å². The van der Waals surface area contributed by atoms with Crippen molar-refractivity contribution >= 4 is 5.91 Å². The van der Waals surface area contributed by atoms with Crippen molar-refractivity contribution in [1.82, 2.24) is 0 Å². The predicted molar refractivity (Wildman–Crippen MR) is 32.0 cm³/mol. The Morgan fingerprint density at radius 3 is 2.56 bits per heavy atom. The zero-order valence-electron chi connectivity index (χ0n) is 5.05. The van der Waals surface area contributed by atoms with E-state index in [0.29, 0.717) is 5.76 Å². The summed E-state index contributed by atoms with van der Waals surface area (Å²) in [6, 6.07) is 3.25. The van der Waals surface area contributed by atoms with Crippen LogP contribution >= 0.6 is 0 Å². The second kappa shape index (κ2) is 1.93. The lowest BCUT2D eigenvalue weighted by molar-refractivity contribution is 0.0972. The van der Waals surface area contributed by atoms with Crippen molar-refractivity contribution in [2.75, 3.05) is 0 Å². The highest BCUT2D eigenvalue weighted by atomic mass is 16.3. The zero-order chi connectivity index (χ0) is 6.85. The number of hydrogen-bond donors (Lipinski definition) is 1. The van der Waals surface area contributed by atoms with Crippen molar-refractivity contribution in [3.05, 3.63) is 23.7 Å². The zero-order valence-corrected chi connectivity index (χ0v) is 5.05. The summed E-state index contributed by atoms with van der Waals surface area (Å²) in [4.78, 5) is 10.3. The fourth-order valence-corrected chi connectivity index (χ4v) is 0.567. The maximum Gasteiger partial charge on any atom is 0.284 e. The molecule has 0 unspecified atom stereocenters. The Morgan fingerprint density at radius 1 is 1.67 bits per heavy atom. The van der Waals surface area contributed by atoms with Gasteiger partial charge in [-0.25, -0.2) is 0 Å². The molecule has 0 aliphatic carbocycles. The molecule has 1 aromatic heterocycles. The Hall–Kier alpha value is -1.25. The summed E-state index contributed by atoms with van der Waals surface area (Å²) in [6.07, 6.45) is 0. The second-order valence-electron chi connectivity index (χ2n) is 1.77. The minimum absolute atomic E-state index is 0.215. The van der Waals surface area contributed by atoms with Crippen LogP contribution in [0.4, 0.5) is 0 Å². The van der Waals surface area contributed by atoms with Crippen molar-refractivity contribution in [3.8, 4) is 0 Å². The van der Waals surface area contributed by atoms with E-state index in [-0.39, 0.29) is 5.76 Å². The molecular weight excluding hydrogens is 118 g/mol. The van der Waals surface area contributed by atoms with Crippen molar-refractivity contribution < 1.29 is 9.21 Å². The van der Waals surface area contributed by atoms with Crippen molar-refractivity contribution in [3.63, 3.8) is 0 Å². The lowest BCUT2D eigenvalue weighted by Crippen LogP contribution is -2.09. The first-order valence-electron chi connectivity index (χ1n) is 2.56. The van der Waals surface area contributed by atoms with E-state index in [1.807, 2.05) is 0 Å². The maximum absolute atomic E-state index is 10.3. The smallest absolute Gasteiger partial charge is 0.284 e. The van der Waals surface area contributed by atoms with Gasteiger partial charge in [0.2, 0.25) is 0 Å². The van der Waals surface area contributed by atoms with E-state index in [2.05, 4.69) is 0 Å². The van der Waals surface area contributed by atoms with Gasteiger partial charge in [-0.2, -0.15) is 0 Å². The lowest BCUT2D eigenvalue weighted by Gasteiger charge is -1.83. The Kier molecular flexibility index (Phi) is 1.26. The van der Waals surface area contributed by atoms with Gasteiger partial charge in [0.05, 0.1) is 0 Å². The fourth-order valence-electron chi connectivity index (χ4n) is 0.567. The first-order valence-corrected chi connectivity index (χ1v) is 2.56. The molecule has 48 valence electrons. The molecule has 0 bridgehead atoms. The van der Waals surface area contributed by atoms with Gasteiger partial charge in [-0.1, -0.05) is 0 Å². The summed E-state index contributed by atoms with van der Waals surface area (Å²) >= 11 is 0. The van der Waals surface area contributed by atoms with E-state index < -0.39 is 5.91 Å². The monoisotopic (exact) mass is 125 g/mol. The van der Waals surface area contributed by atoms with Gasteiger partial charge in [-0.3, -0.25) is 4.79 Å². The second-order valence-corrected chi connectivity index (χ2v) is 1.77. The number of furan rings is 1. The lowest BCUT2D eigenvalue weighted by atomic mass is 10.4. The number of hydrogen-bond acceptors (Lipinski definition) is 2. The molecule has 1 heterocycles. The summed E-state index contributed by atoms with van der Waals surface area (Å²) in [7, 11) is 0. The molecule has 1 rings (SSSR count). The average molecular weight is 125 g/mol. The molecule has 0 aliphatic heterocycles. The molecule has 0 aliphatic rings. The number of aryl methyl sites for hydroxylation is 1. The molecule has 9 heavy (non-hydrogen) atoms. The number of carbonyl (C=O) groups excluding carboxylic acids is 1. The highest BCUT2D eigenvalue weighted by molar-refractivity contribution is 5.89. The van der Waals surface area contributed by atoms with Crippen molar-refractivity contribution in [2.24, 2.45) is 5.73 Å². The van der Waals surface area contributed by atoms with Gasteiger partial charge in [0.15, 0.2) is 5.76 Å². The molecule has 0 atom stereocenters. The number of primary amides is 1. The minimum atomic E-state index is -0.525. The first-order chi connectivity index (χ1) is 4.20. The number of nitrogens with two attached hydrogens (primary N) is 1. The van der Waals surface area contributed by atoms with Gasteiger partial charge in [0, 0.05) is 0 Å². The number of amides is 1. The van der Waals surface area contributed by atoms with E-state index in [0.717, 1.165) is 0 Å². The molecule has 2 N–H and O–H groups in total. The van der Waals surface area contributed by atoms with Gasteiger partial charge < -0.3 is 10.2 Å². The molecule has 0 saturated carbocycles. The maximum atomic E-state index is 10.3. The van der Waals surface area contributed by atoms with Crippen molar-refractivity contribution in [2.45, 2.75) is 6.92 Å². The van der Waals surface area contributed by atoms with Crippen LogP contribution in [0.25, 0.3) is 0 Å². The van der Waals surface area contributed by atoms with Crippen LogP contribution in [0.2, 0.25) is 0 Å². The first kappa shape index (κ1) is 5.88. The quantitative estimate of drug-likeness (QED) is 0.600. The summed E-state index contributed by atoms with van der Waals surface area (Å²) in [5.41, 5.74) is 4.89. The third-order valence-corrected chi connectivity index (χ3v) is 0.983. The molecule has 1 aromatic rings. The molecule has 0 saturated heterocycles. The third kappa shape index (κ3) is 1.10. The number of carbonyl (C=O) groups is 1. The van der Waals surface area contributed by atoms with Gasteiger partial charge in [-0.15, -0.1) is 0 Å². The molecule has 0 spiro atoms. The van der Waals surface area contributed by atoms with E-state index >= 15 is 0 Å². The van der Waals surface area contributed by atoms with Crippen LogP contribution in [-0.4, -0.2) is 5.91 Å². The third-order valence-electron chi connectivity index (χ3n) is 0.983. The van der Waals surface area contributed by atoms with Gasteiger partial charge in [0.1, 0.15) is 5.76 Å². The minimum Gasteiger partial charge on any atom is -0.456 e. The SMILES string of the molecule is Cc1ccc(C(N)=O)o1. The van der Waals surface area contributed by atoms with Gasteiger partial charge >= 0.3 is 0 Å². The Bertz CT molecular complexity index is 227. The average Bonchev–Trinajstić information content (AvgIpc) is 2.14. The standard InChI is InChI=1S/C6H7NO2/c1-4-2-3-5(9-4)6(7)8/h2-3H,1H3,(H2,7,8). The van der Waals surface area contributed by atoms with E-state index in [1.54, 1.807) is 19.1 Å². The molecule has 1 amide bonds. The Labute approximate surface area is 52.5 Å². The normalized spacial score (nSPS) is 9.44. The summed E-state index contributed by atoms with van der Waals surface area (Å²) < 4.78 is 4.87. The van der Waals surface area contributed by atoms with E-state index in [4.69, 9.17) is 10.2 Å².